The third-order valence-corrected chi connectivity index (χ3v) is 4.88. The number of anilines is 2. The lowest BCUT2D eigenvalue weighted by Crippen LogP contribution is -2.04. The van der Waals surface area contributed by atoms with Crippen LogP contribution >= 0.6 is 11.6 Å². The summed E-state index contributed by atoms with van der Waals surface area (Å²) in [6.45, 7) is 2.18. The number of rotatable bonds is 5. The summed E-state index contributed by atoms with van der Waals surface area (Å²) in [5, 5.41) is 24.0. The third-order valence-electron chi connectivity index (χ3n) is 4.63. The van der Waals surface area contributed by atoms with E-state index in [0.717, 1.165) is 11.3 Å². The lowest BCUT2D eigenvalue weighted by atomic mass is 9.97. The second-order valence-electron chi connectivity index (χ2n) is 6.58. The predicted octanol–water partition coefficient (Wildman–Crippen LogP) is 5.84. The maximum Gasteiger partial charge on any atom is 0.234 e. The van der Waals surface area contributed by atoms with E-state index in [1.807, 2.05) is 37.3 Å². The molecule has 0 fully saturated rings. The minimum Gasteiger partial charge on any atom is -0.477 e. The van der Waals surface area contributed by atoms with Crippen LogP contribution in [-0.2, 0) is 0 Å². The van der Waals surface area contributed by atoms with Crippen molar-refractivity contribution in [2.75, 3.05) is 11.9 Å². The van der Waals surface area contributed by atoms with E-state index in [1.165, 1.54) is 0 Å². The Hall–Kier alpha value is -4.13. The minimum absolute atomic E-state index is 0.214. The van der Waals surface area contributed by atoms with Gasteiger partial charge in [0.05, 0.1) is 12.2 Å². The van der Waals surface area contributed by atoms with Crippen molar-refractivity contribution in [2.45, 2.75) is 6.92 Å². The van der Waals surface area contributed by atoms with Gasteiger partial charge in [-0.15, -0.1) is 0 Å². The minimum atomic E-state index is 0.214. The Morgan fingerprint density at radius 1 is 1.00 bits per heavy atom. The van der Waals surface area contributed by atoms with Gasteiger partial charge in [-0.25, -0.2) is 4.98 Å². The first kappa shape index (κ1) is 20.2. The summed E-state index contributed by atoms with van der Waals surface area (Å²) in [4.78, 5) is 9.09. The van der Waals surface area contributed by atoms with Gasteiger partial charge >= 0.3 is 0 Å². The van der Waals surface area contributed by atoms with Crippen LogP contribution in [0.25, 0.3) is 22.2 Å². The highest BCUT2D eigenvalue weighted by Crippen LogP contribution is 2.37. The van der Waals surface area contributed by atoms with Crippen molar-refractivity contribution in [1.29, 1.82) is 10.5 Å². The molecule has 0 radical (unpaired) electrons. The van der Waals surface area contributed by atoms with Crippen LogP contribution < -0.4 is 10.1 Å². The largest absolute Gasteiger partial charge is 0.477 e. The average Bonchev–Trinajstić information content (AvgIpc) is 2.80. The molecule has 0 amide bonds. The molecule has 7 heteroatoms. The number of ether oxygens (including phenoxy) is 1. The number of nitrogens with zero attached hydrogens (tertiary/aromatic N) is 4. The van der Waals surface area contributed by atoms with E-state index in [1.54, 1.807) is 30.3 Å². The Morgan fingerprint density at radius 3 is 2.39 bits per heavy atom. The number of hydrogen-bond donors (Lipinski definition) is 1. The zero-order valence-electron chi connectivity index (χ0n) is 16.6. The molecule has 0 bridgehead atoms. The molecule has 6 nitrogen and oxygen atoms in total. The number of hydrogen-bond acceptors (Lipinski definition) is 6. The van der Waals surface area contributed by atoms with Crippen molar-refractivity contribution in [3.05, 3.63) is 76.8 Å². The van der Waals surface area contributed by atoms with E-state index in [4.69, 9.17) is 16.3 Å². The monoisotopic (exact) mass is 425 g/mol. The fourth-order valence-corrected chi connectivity index (χ4v) is 3.39. The second kappa shape index (κ2) is 8.71. The highest BCUT2D eigenvalue weighted by atomic mass is 35.5. The first-order valence-corrected chi connectivity index (χ1v) is 9.92. The van der Waals surface area contributed by atoms with Crippen molar-refractivity contribution in [1.82, 2.24) is 9.97 Å². The molecule has 0 saturated heterocycles. The zero-order valence-corrected chi connectivity index (χ0v) is 17.3. The Balaban J connectivity index is 1.98. The molecule has 2 heterocycles. The van der Waals surface area contributed by atoms with Crippen LogP contribution in [0.3, 0.4) is 0 Å². The molecule has 1 N–H and O–H groups in total. The van der Waals surface area contributed by atoms with Gasteiger partial charge in [0, 0.05) is 21.7 Å². The quantitative estimate of drug-likeness (QED) is 0.431. The molecule has 4 rings (SSSR count). The summed E-state index contributed by atoms with van der Waals surface area (Å²) >= 11 is 5.96. The summed E-state index contributed by atoms with van der Waals surface area (Å²) in [7, 11) is 0. The first-order valence-electron chi connectivity index (χ1n) is 9.54. The number of fused-ring (bicyclic) bond motifs is 1. The van der Waals surface area contributed by atoms with E-state index >= 15 is 0 Å². The van der Waals surface area contributed by atoms with Crippen LogP contribution in [0.1, 0.15) is 18.1 Å². The molecule has 0 aliphatic carbocycles. The number of benzene rings is 2. The summed E-state index contributed by atoms with van der Waals surface area (Å²) in [6, 6.07) is 22.6. The Morgan fingerprint density at radius 2 is 1.74 bits per heavy atom. The number of halogens is 1. The van der Waals surface area contributed by atoms with Crippen LogP contribution in [0.15, 0.2) is 60.7 Å². The standard InChI is InChI=1S/C24H16ClN5O/c1-2-31-24-20(14-27)21(15-6-4-3-5-7-15)19-12-16(13-26)22(29-23(19)30-24)28-18-10-8-17(25)9-11-18/h3-12H,2H2,1H3,(H,28,29,30). The van der Waals surface area contributed by atoms with Gasteiger partial charge in [-0.05, 0) is 42.8 Å². The van der Waals surface area contributed by atoms with E-state index in [9.17, 15) is 10.5 Å². The van der Waals surface area contributed by atoms with E-state index in [0.29, 0.717) is 45.2 Å². The number of aromatic nitrogens is 2. The summed E-state index contributed by atoms with van der Waals surface area (Å²) in [5.74, 6) is 0.571. The first-order chi connectivity index (χ1) is 15.1. The molecule has 4 aromatic rings. The maximum atomic E-state index is 9.87. The lowest BCUT2D eigenvalue weighted by molar-refractivity contribution is 0.327. The zero-order chi connectivity index (χ0) is 21.8. The van der Waals surface area contributed by atoms with Gasteiger partial charge in [0.15, 0.2) is 11.5 Å². The Bertz CT molecular complexity index is 1340. The number of nitrogens with one attached hydrogen (secondary N) is 1. The predicted molar refractivity (Wildman–Crippen MR) is 120 cm³/mol. The SMILES string of the molecule is CCOc1nc2nc(Nc3ccc(Cl)cc3)c(C#N)cc2c(-c2ccccc2)c1C#N. The molecule has 31 heavy (non-hydrogen) atoms. The number of pyridine rings is 2. The van der Waals surface area contributed by atoms with Gasteiger partial charge in [0.2, 0.25) is 5.88 Å². The summed E-state index contributed by atoms with van der Waals surface area (Å²) in [5.41, 5.74) is 3.20. The van der Waals surface area contributed by atoms with Crippen LogP contribution in [-0.4, -0.2) is 16.6 Å². The molecule has 0 saturated carbocycles. The van der Waals surface area contributed by atoms with Gasteiger partial charge in [-0.1, -0.05) is 41.9 Å². The molecular weight excluding hydrogens is 410 g/mol. The average molecular weight is 426 g/mol. The third kappa shape index (κ3) is 3.98. The summed E-state index contributed by atoms with van der Waals surface area (Å²) in [6.07, 6.45) is 0. The highest BCUT2D eigenvalue weighted by Gasteiger charge is 2.20. The molecule has 0 aliphatic heterocycles. The Labute approximate surface area is 184 Å². The molecule has 0 atom stereocenters. The van der Waals surface area contributed by atoms with Gasteiger partial charge in [0.1, 0.15) is 17.7 Å². The van der Waals surface area contributed by atoms with Crippen molar-refractivity contribution in [2.24, 2.45) is 0 Å². The molecule has 0 spiro atoms. The van der Waals surface area contributed by atoms with Crippen LogP contribution in [0.2, 0.25) is 5.02 Å². The smallest absolute Gasteiger partial charge is 0.234 e. The number of nitriles is 2. The van der Waals surface area contributed by atoms with Crippen molar-refractivity contribution < 1.29 is 4.74 Å². The van der Waals surface area contributed by atoms with Crippen molar-refractivity contribution >= 4 is 34.1 Å². The molecular formula is C24H16ClN5O. The van der Waals surface area contributed by atoms with E-state index in [-0.39, 0.29) is 5.88 Å². The Kier molecular flexibility index (Phi) is 5.66. The van der Waals surface area contributed by atoms with Crippen LogP contribution in [0.4, 0.5) is 11.5 Å². The lowest BCUT2D eigenvalue weighted by Gasteiger charge is -2.15. The van der Waals surface area contributed by atoms with E-state index in [2.05, 4.69) is 27.4 Å². The summed E-state index contributed by atoms with van der Waals surface area (Å²) < 4.78 is 5.65. The highest BCUT2D eigenvalue weighted by molar-refractivity contribution is 6.30. The fraction of sp³-hybridized carbons (Fsp3) is 0.0833. The second-order valence-corrected chi connectivity index (χ2v) is 7.01. The van der Waals surface area contributed by atoms with Gasteiger partial charge in [-0.3, -0.25) is 0 Å². The maximum absolute atomic E-state index is 9.87. The van der Waals surface area contributed by atoms with Gasteiger partial charge < -0.3 is 10.1 Å². The molecule has 0 unspecified atom stereocenters. The van der Waals surface area contributed by atoms with Crippen molar-refractivity contribution in [3.63, 3.8) is 0 Å². The van der Waals surface area contributed by atoms with E-state index < -0.39 is 0 Å². The molecule has 2 aromatic carbocycles. The molecule has 0 aliphatic rings. The fourth-order valence-electron chi connectivity index (χ4n) is 3.27. The van der Waals surface area contributed by atoms with Gasteiger partial charge in [0.25, 0.3) is 0 Å². The molecule has 2 aromatic heterocycles. The topological polar surface area (TPSA) is 94.6 Å². The van der Waals surface area contributed by atoms with Crippen LogP contribution in [0, 0.1) is 22.7 Å². The normalized spacial score (nSPS) is 10.3. The molecule has 150 valence electrons. The van der Waals surface area contributed by atoms with Crippen LogP contribution in [0.5, 0.6) is 5.88 Å². The van der Waals surface area contributed by atoms with Crippen molar-refractivity contribution in [3.8, 4) is 29.1 Å². The van der Waals surface area contributed by atoms with Gasteiger partial charge in [-0.2, -0.15) is 15.5 Å².